The molecule has 0 spiro atoms. The average Bonchev–Trinajstić information content (AvgIpc) is 2.90. The van der Waals surface area contributed by atoms with Crippen molar-refractivity contribution in [3.63, 3.8) is 0 Å². The summed E-state index contributed by atoms with van der Waals surface area (Å²) in [5, 5.41) is 2.87. The van der Waals surface area contributed by atoms with Crippen molar-refractivity contribution in [2.45, 2.75) is 13.3 Å². The number of aryl methyl sites for hydroxylation is 1. The maximum Gasteiger partial charge on any atom is 0.270 e. The summed E-state index contributed by atoms with van der Waals surface area (Å²) < 4.78 is 0. The lowest BCUT2D eigenvalue weighted by atomic mass is 10.2. The van der Waals surface area contributed by atoms with Crippen LogP contribution < -0.4 is 5.32 Å². The first kappa shape index (κ1) is 13.3. The van der Waals surface area contributed by atoms with E-state index in [2.05, 4.69) is 20.3 Å². The number of hydrogen-bond donors (Lipinski definition) is 2. The molecule has 0 atom stereocenters. The van der Waals surface area contributed by atoms with Gasteiger partial charge in [-0.25, -0.2) is 4.98 Å². The maximum absolute atomic E-state index is 12.0. The lowest BCUT2D eigenvalue weighted by Gasteiger charge is -2.05. The summed E-state index contributed by atoms with van der Waals surface area (Å²) in [6.07, 6.45) is 2.29. The van der Waals surface area contributed by atoms with Gasteiger partial charge in [-0.05, 0) is 30.7 Å². The number of aromatic amines is 1. The van der Waals surface area contributed by atoms with E-state index in [1.165, 1.54) is 0 Å². The number of benzene rings is 1. The molecule has 0 saturated heterocycles. The van der Waals surface area contributed by atoms with E-state index < -0.39 is 0 Å². The number of imidazole rings is 1. The Bertz CT molecular complexity index is 746. The van der Waals surface area contributed by atoms with Crippen LogP contribution in [-0.2, 0) is 6.42 Å². The van der Waals surface area contributed by atoms with E-state index in [1.807, 2.05) is 43.3 Å². The van der Waals surface area contributed by atoms with Crippen LogP contribution >= 0.6 is 0 Å². The van der Waals surface area contributed by atoms with Crippen LogP contribution in [0.4, 0.5) is 0 Å². The molecule has 0 radical (unpaired) electrons. The van der Waals surface area contributed by atoms with Crippen molar-refractivity contribution in [2.24, 2.45) is 0 Å². The van der Waals surface area contributed by atoms with Gasteiger partial charge in [-0.1, -0.05) is 18.2 Å². The van der Waals surface area contributed by atoms with Crippen LogP contribution in [0.2, 0.25) is 0 Å². The third-order valence-electron chi connectivity index (χ3n) is 3.31. The van der Waals surface area contributed by atoms with Gasteiger partial charge in [-0.2, -0.15) is 0 Å². The van der Waals surface area contributed by atoms with Crippen LogP contribution in [-0.4, -0.2) is 27.4 Å². The molecule has 0 aliphatic rings. The normalized spacial score (nSPS) is 10.7. The van der Waals surface area contributed by atoms with Crippen LogP contribution in [0.1, 0.15) is 21.9 Å². The first-order valence-corrected chi connectivity index (χ1v) is 6.87. The third-order valence-corrected chi connectivity index (χ3v) is 3.31. The Balaban J connectivity index is 1.61. The molecule has 1 amide bonds. The van der Waals surface area contributed by atoms with Crippen molar-refractivity contribution in [3.8, 4) is 0 Å². The van der Waals surface area contributed by atoms with Gasteiger partial charge in [0.2, 0.25) is 0 Å². The molecule has 0 bridgehead atoms. The van der Waals surface area contributed by atoms with Gasteiger partial charge in [-0.3, -0.25) is 9.78 Å². The summed E-state index contributed by atoms with van der Waals surface area (Å²) >= 11 is 0. The highest BCUT2D eigenvalue weighted by molar-refractivity contribution is 5.93. The van der Waals surface area contributed by atoms with E-state index in [4.69, 9.17) is 0 Å². The third kappa shape index (κ3) is 2.91. The zero-order valence-corrected chi connectivity index (χ0v) is 11.8. The van der Waals surface area contributed by atoms with Crippen molar-refractivity contribution < 1.29 is 4.79 Å². The van der Waals surface area contributed by atoms with Crippen LogP contribution in [0.15, 0.2) is 42.6 Å². The van der Waals surface area contributed by atoms with E-state index in [9.17, 15) is 4.79 Å². The molecule has 0 aliphatic carbocycles. The summed E-state index contributed by atoms with van der Waals surface area (Å²) in [6, 6.07) is 11.6. The number of carbonyl (C=O) groups excluding carboxylic acids is 1. The summed E-state index contributed by atoms with van der Waals surface area (Å²) in [7, 11) is 0. The number of H-pyrrole nitrogens is 1. The molecule has 3 rings (SSSR count). The minimum atomic E-state index is -0.149. The molecule has 0 fully saturated rings. The standard InChI is InChI=1S/C16H16N4O/c1-11-5-4-9-17-15(11)16(21)18-10-8-14-19-12-6-2-3-7-13(12)20-14/h2-7,9H,8,10H2,1H3,(H,18,21)(H,19,20). The molecule has 2 heterocycles. The molecule has 3 aromatic rings. The molecule has 106 valence electrons. The van der Waals surface area contributed by atoms with Crippen molar-refractivity contribution in [1.82, 2.24) is 20.3 Å². The molecule has 2 N–H and O–H groups in total. The van der Waals surface area contributed by atoms with Gasteiger partial charge < -0.3 is 10.3 Å². The number of hydrogen-bond acceptors (Lipinski definition) is 3. The van der Waals surface area contributed by atoms with E-state index in [0.29, 0.717) is 18.7 Å². The first-order valence-electron chi connectivity index (χ1n) is 6.87. The van der Waals surface area contributed by atoms with Crippen molar-refractivity contribution in [2.75, 3.05) is 6.54 Å². The molecule has 5 heteroatoms. The zero-order valence-electron chi connectivity index (χ0n) is 11.8. The SMILES string of the molecule is Cc1cccnc1C(=O)NCCc1nc2ccccc2[nH]1. The number of para-hydroxylation sites is 2. The van der Waals surface area contributed by atoms with Gasteiger partial charge in [0.15, 0.2) is 0 Å². The number of pyridine rings is 1. The minimum absolute atomic E-state index is 0.149. The van der Waals surface area contributed by atoms with E-state index >= 15 is 0 Å². The van der Waals surface area contributed by atoms with Crippen LogP contribution in [0.5, 0.6) is 0 Å². The van der Waals surface area contributed by atoms with Crippen LogP contribution in [0, 0.1) is 6.92 Å². The maximum atomic E-state index is 12.0. The number of nitrogens with one attached hydrogen (secondary N) is 2. The van der Waals surface area contributed by atoms with Gasteiger partial charge in [0.1, 0.15) is 11.5 Å². The van der Waals surface area contributed by atoms with Crippen LogP contribution in [0.25, 0.3) is 11.0 Å². The van der Waals surface area contributed by atoms with E-state index in [-0.39, 0.29) is 5.91 Å². The second-order valence-electron chi connectivity index (χ2n) is 4.88. The highest BCUT2D eigenvalue weighted by atomic mass is 16.1. The Labute approximate surface area is 122 Å². The highest BCUT2D eigenvalue weighted by Crippen LogP contribution is 2.10. The predicted molar refractivity (Wildman–Crippen MR) is 81.1 cm³/mol. The van der Waals surface area contributed by atoms with Gasteiger partial charge >= 0.3 is 0 Å². The van der Waals surface area contributed by atoms with E-state index in [0.717, 1.165) is 22.4 Å². The molecule has 0 unspecified atom stereocenters. The topological polar surface area (TPSA) is 70.7 Å². The van der Waals surface area contributed by atoms with Gasteiger partial charge in [0, 0.05) is 19.2 Å². The zero-order chi connectivity index (χ0) is 14.7. The average molecular weight is 280 g/mol. The van der Waals surface area contributed by atoms with Gasteiger partial charge in [0.25, 0.3) is 5.91 Å². The number of aromatic nitrogens is 3. The number of amides is 1. The second-order valence-corrected chi connectivity index (χ2v) is 4.88. The monoisotopic (exact) mass is 280 g/mol. The Kier molecular flexibility index (Phi) is 3.64. The largest absolute Gasteiger partial charge is 0.350 e. The number of rotatable bonds is 4. The Hall–Kier alpha value is -2.69. The summed E-state index contributed by atoms with van der Waals surface area (Å²) in [5.41, 5.74) is 3.31. The molecule has 5 nitrogen and oxygen atoms in total. The summed E-state index contributed by atoms with van der Waals surface area (Å²) in [6.45, 7) is 2.40. The first-order chi connectivity index (χ1) is 10.2. The fraction of sp³-hybridized carbons (Fsp3) is 0.188. The lowest BCUT2D eigenvalue weighted by Crippen LogP contribution is -2.27. The fourth-order valence-corrected chi connectivity index (χ4v) is 2.23. The number of fused-ring (bicyclic) bond motifs is 1. The van der Waals surface area contributed by atoms with Crippen molar-refractivity contribution in [3.05, 3.63) is 59.7 Å². The smallest absolute Gasteiger partial charge is 0.270 e. The van der Waals surface area contributed by atoms with Crippen molar-refractivity contribution >= 4 is 16.9 Å². The lowest BCUT2D eigenvalue weighted by molar-refractivity contribution is 0.0948. The van der Waals surface area contributed by atoms with Gasteiger partial charge in [-0.15, -0.1) is 0 Å². The van der Waals surface area contributed by atoms with Crippen LogP contribution in [0.3, 0.4) is 0 Å². The quantitative estimate of drug-likeness (QED) is 0.770. The molecule has 1 aromatic carbocycles. The Morgan fingerprint density at radius 1 is 1.24 bits per heavy atom. The predicted octanol–water partition coefficient (Wildman–Crippen LogP) is 2.24. The summed E-state index contributed by atoms with van der Waals surface area (Å²) in [4.78, 5) is 23.8. The number of carbonyl (C=O) groups is 1. The Morgan fingerprint density at radius 2 is 2.10 bits per heavy atom. The minimum Gasteiger partial charge on any atom is -0.350 e. The van der Waals surface area contributed by atoms with Crippen molar-refractivity contribution in [1.29, 1.82) is 0 Å². The molecule has 21 heavy (non-hydrogen) atoms. The molecular formula is C16H16N4O. The highest BCUT2D eigenvalue weighted by Gasteiger charge is 2.09. The number of nitrogens with zero attached hydrogens (tertiary/aromatic N) is 2. The van der Waals surface area contributed by atoms with E-state index in [1.54, 1.807) is 6.20 Å². The molecular weight excluding hydrogens is 264 g/mol. The van der Waals surface area contributed by atoms with Gasteiger partial charge in [0.05, 0.1) is 11.0 Å². The summed E-state index contributed by atoms with van der Waals surface area (Å²) in [5.74, 6) is 0.721. The molecule has 0 saturated carbocycles. The second kappa shape index (κ2) is 5.75. The molecule has 2 aromatic heterocycles. The molecule has 0 aliphatic heterocycles. The fourth-order valence-electron chi connectivity index (χ4n) is 2.23. The Morgan fingerprint density at radius 3 is 2.90 bits per heavy atom.